The van der Waals surface area contributed by atoms with Crippen molar-refractivity contribution >= 4 is 11.9 Å². The van der Waals surface area contributed by atoms with E-state index in [0.717, 1.165) is 82.6 Å². The number of carbonyl (C=O) groups is 2. The molecule has 0 aliphatic carbocycles. The zero-order valence-electron chi connectivity index (χ0n) is 25.3. The van der Waals surface area contributed by atoms with Crippen LogP contribution in [-0.4, -0.2) is 106 Å². The van der Waals surface area contributed by atoms with Gasteiger partial charge in [-0.2, -0.15) is 0 Å². The van der Waals surface area contributed by atoms with E-state index in [1.54, 1.807) is 6.07 Å². The molecule has 2 heterocycles. The number of nitrogens with zero attached hydrogens (tertiary/aromatic N) is 4. The summed E-state index contributed by atoms with van der Waals surface area (Å²) < 4.78 is 0. The topological polar surface area (TPSA) is 87.6 Å². The van der Waals surface area contributed by atoms with E-state index in [-0.39, 0.29) is 30.2 Å². The van der Waals surface area contributed by atoms with Crippen LogP contribution in [-0.2, 0) is 4.79 Å². The summed E-state index contributed by atoms with van der Waals surface area (Å²) in [6.45, 7) is 15.2. The molecule has 2 aromatic rings. The molecule has 0 radical (unpaired) electrons. The second-order valence-electron chi connectivity index (χ2n) is 12.0. The van der Waals surface area contributed by atoms with E-state index in [4.69, 9.17) is 5.11 Å². The first-order valence-corrected chi connectivity index (χ1v) is 15.5. The maximum Gasteiger partial charge on any atom is 0.303 e. The minimum atomic E-state index is -0.730. The molecule has 2 aromatic carbocycles. The van der Waals surface area contributed by atoms with Crippen LogP contribution in [0.4, 0.5) is 0 Å². The minimum absolute atomic E-state index is 0.0621. The molecule has 4 rings (SSSR count). The van der Waals surface area contributed by atoms with Gasteiger partial charge in [0, 0.05) is 63.3 Å². The van der Waals surface area contributed by atoms with E-state index >= 15 is 0 Å². The molecule has 0 saturated carbocycles. The Labute approximate surface area is 251 Å². The molecule has 0 bridgehead atoms. The Morgan fingerprint density at radius 2 is 1.71 bits per heavy atom. The summed E-state index contributed by atoms with van der Waals surface area (Å²) in [6, 6.07) is 16.1. The molecule has 2 aliphatic rings. The van der Waals surface area contributed by atoms with Gasteiger partial charge in [-0.15, -0.1) is 6.58 Å². The van der Waals surface area contributed by atoms with E-state index < -0.39 is 5.97 Å². The van der Waals surface area contributed by atoms with Gasteiger partial charge in [0.1, 0.15) is 5.75 Å². The van der Waals surface area contributed by atoms with Crippen molar-refractivity contribution in [2.24, 2.45) is 0 Å². The zero-order valence-corrected chi connectivity index (χ0v) is 25.3. The van der Waals surface area contributed by atoms with Crippen LogP contribution in [0.25, 0.3) is 0 Å². The Morgan fingerprint density at radius 1 is 0.952 bits per heavy atom. The highest BCUT2D eigenvalue weighted by Gasteiger charge is 2.35. The van der Waals surface area contributed by atoms with E-state index in [1.807, 2.05) is 35.2 Å². The first-order valence-electron chi connectivity index (χ1n) is 15.5. The number of hydrogen-bond acceptors (Lipinski definition) is 6. The van der Waals surface area contributed by atoms with Gasteiger partial charge in [-0.05, 0) is 81.6 Å². The van der Waals surface area contributed by atoms with E-state index in [9.17, 15) is 14.7 Å². The molecule has 3 atom stereocenters. The maximum atomic E-state index is 13.8. The summed E-state index contributed by atoms with van der Waals surface area (Å²) in [5.41, 5.74) is 2.77. The van der Waals surface area contributed by atoms with Crippen molar-refractivity contribution in [3.05, 3.63) is 77.9 Å². The average molecular weight is 577 g/mol. The number of carboxylic acid groups (broad SMARTS) is 1. The number of benzene rings is 2. The van der Waals surface area contributed by atoms with Gasteiger partial charge in [0.25, 0.3) is 5.91 Å². The summed E-state index contributed by atoms with van der Waals surface area (Å²) in [4.78, 5) is 33.9. The van der Waals surface area contributed by atoms with Crippen molar-refractivity contribution in [1.29, 1.82) is 0 Å². The Hall–Kier alpha value is -3.20. The van der Waals surface area contributed by atoms with Gasteiger partial charge >= 0.3 is 5.97 Å². The lowest BCUT2D eigenvalue weighted by Gasteiger charge is -2.47. The van der Waals surface area contributed by atoms with Crippen molar-refractivity contribution in [2.75, 3.05) is 52.4 Å². The SMILES string of the molecule is C=CCN1C[C@H](C)N(C(c2cccc(O)c2)c2cccc(C(=O)N3CCCN(CCCCCC(=O)O)CC3)c2)C[C@H]1C. The van der Waals surface area contributed by atoms with Crippen molar-refractivity contribution in [3.8, 4) is 5.75 Å². The van der Waals surface area contributed by atoms with E-state index in [0.29, 0.717) is 18.2 Å². The molecular formula is C34H48N4O4. The summed E-state index contributed by atoms with van der Waals surface area (Å²) in [5.74, 6) is -0.426. The lowest BCUT2D eigenvalue weighted by molar-refractivity contribution is -0.137. The Kier molecular flexibility index (Phi) is 11.6. The highest BCUT2D eigenvalue weighted by Crippen LogP contribution is 2.35. The monoisotopic (exact) mass is 576 g/mol. The summed E-state index contributed by atoms with van der Waals surface area (Å²) in [6.07, 6.45) is 5.74. The first kappa shape index (κ1) is 31.7. The molecule has 8 nitrogen and oxygen atoms in total. The molecule has 228 valence electrons. The highest BCUT2D eigenvalue weighted by atomic mass is 16.4. The summed E-state index contributed by atoms with van der Waals surface area (Å²) in [7, 11) is 0. The molecule has 2 fully saturated rings. The molecule has 8 heteroatoms. The molecule has 42 heavy (non-hydrogen) atoms. The fourth-order valence-corrected chi connectivity index (χ4v) is 6.49. The number of amides is 1. The van der Waals surface area contributed by atoms with Crippen molar-refractivity contribution in [3.63, 3.8) is 0 Å². The predicted octanol–water partition coefficient (Wildman–Crippen LogP) is 4.86. The van der Waals surface area contributed by atoms with Crippen LogP contribution < -0.4 is 0 Å². The lowest BCUT2D eigenvalue weighted by atomic mass is 9.92. The van der Waals surface area contributed by atoms with Crippen LogP contribution >= 0.6 is 0 Å². The quantitative estimate of drug-likeness (QED) is 0.276. The van der Waals surface area contributed by atoms with Crippen LogP contribution in [0.2, 0.25) is 0 Å². The van der Waals surface area contributed by atoms with Crippen LogP contribution in [0, 0.1) is 0 Å². The Balaban J connectivity index is 1.49. The number of rotatable bonds is 12. The number of piperazine rings is 1. The number of carbonyl (C=O) groups excluding carboxylic acids is 1. The number of hydrogen-bond donors (Lipinski definition) is 2. The second-order valence-corrected chi connectivity index (χ2v) is 12.0. The minimum Gasteiger partial charge on any atom is -0.508 e. The molecule has 1 amide bonds. The van der Waals surface area contributed by atoms with Gasteiger partial charge in [-0.25, -0.2) is 0 Å². The third kappa shape index (κ3) is 8.43. The highest BCUT2D eigenvalue weighted by molar-refractivity contribution is 5.94. The fourth-order valence-electron chi connectivity index (χ4n) is 6.49. The van der Waals surface area contributed by atoms with Crippen LogP contribution in [0.5, 0.6) is 5.75 Å². The van der Waals surface area contributed by atoms with Crippen LogP contribution in [0.3, 0.4) is 0 Å². The van der Waals surface area contributed by atoms with E-state index in [2.05, 4.69) is 53.3 Å². The molecule has 1 unspecified atom stereocenters. The van der Waals surface area contributed by atoms with Gasteiger partial charge in [-0.3, -0.25) is 19.4 Å². The number of phenolic OH excluding ortho intramolecular Hbond substituents is 1. The average Bonchev–Trinajstić information content (AvgIpc) is 3.21. The number of unbranched alkanes of at least 4 members (excludes halogenated alkanes) is 2. The fraction of sp³-hybridized carbons (Fsp3) is 0.529. The van der Waals surface area contributed by atoms with Crippen LogP contribution in [0.15, 0.2) is 61.2 Å². The first-order chi connectivity index (χ1) is 20.3. The molecule has 2 saturated heterocycles. The summed E-state index contributed by atoms with van der Waals surface area (Å²) in [5, 5.41) is 19.2. The normalized spacial score (nSPS) is 21.5. The molecular weight excluding hydrogens is 528 g/mol. The number of aliphatic carboxylic acids is 1. The van der Waals surface area contributed by atoms with Gasteiger partial charge in [0.05, 0.1) is 6.04 Å². The predicted molar refractivity (Wildman–Crippen MR) is 167 cm³/mol. The smallest absolute Gasteiger partial charge is 0.303 e. The van der Waals surface area contributed by atoms with Crippen molar-refractivity contribution < 1.29 is 19.8 Å². The maximum absolute atomic E-state index is 13.8. The Morgan fingerprint density at radius 3 is 2.45 bits per heavy atom. The number of phenols is 1. The second kappa shape index (κ2) is 15.3. The van der Waals surface area contributed by atoms with Gasteiger partial charge in [0.15, 0.2) is 0 Å². The number of carboxylic acids is 1. The lowest BCUT2D eigenvalue weighted by Crippen LogP contribution is -2.57. The van der Waals surface area contributed by atoms with Crippen molar-refractivity contribution in [1.82, 2.24) is 19.6 Å². The summed E-state index contributed by atoms with van der Waals surface area (Å²) >= 11 is 0. The third-order valence-corrected chi connectivity index (χ3v) is 8.73. The third-order valence-electron chi connectivity index (χ3n) is 8.73. The molecule has 2 N–H and O–H groups in total. The van der Waals surface area contributed by atoms with Gasteiger partial charge in [-0.1, -0.05) is 36.8 Å². The van der Waals surface area contributed by atoms with Crippen molar-refractivity contribution in [2.45, 2.75) is 64.1 Å². The van der Waals surface area contributed by atoms with Crippen LogP contribution in [0.1, 0.15) is 73.5 Å². The van der Waals surface area contributed by atoms with E-state index in [1.165, 1.54) is 0 Å². The molecule has 2 aliphatic heterocycles. The van der Waals surface area contributed by atoms with Gasteiger partial charge < -0.3 is 20.0 Å². The standard InChI is InChI=1S/C34H48N4O4/c1-4-16-37-24-27(3)38(25-26(37)2)33(29-12-9-14-31(39)23-29)28-11-8-13-30(22-28)34(42)36-19-10-18-35(20-21-36)17-7-5-6-15-32(40)41/h4,8-9,11-14,22-23,26-27,33,39H,1,5-7,10,15-21,24-25H2,2-3H3,(H,40,41)/t26-,27+,33?/m1/s1. The molecule has 0 aromatic heterocycles. The number of aromatic hydroxyl groups is 1. The zero-order chi connectivity index (χ0) is 30.1. The largest absolute Gasteiger partial charge is 0.508 e. The molecule has 0 spiro atoms. The van der Waals surface area contributed by atoms with Gasteiger partial charge in [0.2, 0.25) is 0 Å². The Bertz CT molecular complexity index is 1200.